The topological polar surface area (TPSA) is 61.2 Å². The van der Waals surface area contributed by atoms with Crippen molar-refractivity contribution >= 4 is 11.8 Å². The van der Waals surface area contributed by atoms with Crippen LogP contribution in [0, 0.1) is 35.0 Å². The van der Waals surface area contributed by atoms with Gasteiger partial charge >= 0.3 is 0 Å². The van der Waals surface area contributed by atoms with Gasteiger partial charge in [0.25, 0.3) is 0 Å². The lowest BCUT2D eigenvalue weighted by Gasteiger charge is -2.22. The van der Waals surface area contributed by atoms with Crippen LogP contribution in [0.25, 0.3) is 0 Å². The molecule has 2 fully saturated rings. The van der Waals surface area contributed by atoms with Crippen LogP contribution >= 0.6 is 0 Å². The van der Waals surface area contributed by atoms with Crippen LogP contribution in [0.5, 0.6) is 0 Å². The number of carbonyl (C=O) groups is 2. The first-order valence-electron chi connectivity index (χ1n) is 7.22. The van der Waals surface area contributed by atoms with E-state index in [2.05, 4.69) is 18.2 Å². The molecule has 0 aromatic heterocycles. The lowest BCUT2D eigenvalue weighted by molar-refractivity contribution is -0.142. The fraction of sp³-hybridized carbons (Fsp3) is 0.353. The highest BCUT2D eigenvalue weighted by Crippen LogP contribution is 2.53. The van der Waals surface area contributed by atoms with Gasteiger partial charge in [-0.1, -0.05) is 42.5 Å². The molecule has 0 N–H and O–H groups in total. The molecular weight excluding hydrogens is 264 g/mol. The number of nitrogens with zero attached hydrogens (tertiary/aromatic N) is 2. The largest absolute Gasteiger partial charge is 0.274 e. The third kappa shape index (κ3) is 1.55. The van der Waals surface area contributed by atoms with Crippen LogP contribution in [0.15, 0.2) is 42.5 Å². The Morgan fingerprint density at radius 3 is 2.14 bits per heavy atom. The van der Waals surface area contributed by atoms with Gasteiger partial charge in [0, 0.05) is 0 Å². The van der Waals surface area contributed by atoms with Crippen molar-refractivity contribution in [3.8, 4) is 6.07 Å². The number of imide groups is 1. The lowest BCUT2D eigenvalue weighted by Crippen LogP contribution is -2.36. The minimum absolute atomic E-state index is 0.169. The van der Waals surface area contributed by atoms with Gasteiger partial charge in [-0.05, 0) is 23.8 Å². The second kappa shape index (κ2) is 4.29. The quantitative estimate of drug-likeness (QED) is 0.614. The summed E-state index contributed by atoms with van der Waals surface area (Å²) in [5.74, 6) is -0.471. The van der Waals surface area contributed by atoms with E-state index in [1.54, 1.807) is 12.1 Å². The van der Waals surface area contributed by atoms with Crippen LogP contribution in [-0.4, -0.2) is 16.7 Å². The zero-order valence-corrected chi connectivity index (χ0v) is 11.3. The molecule has 4 rings (SSSR count). The summed E-state index contributed by atoms with van der Waals surface area (Å²) in [7, 11) is 0. The van der Waals surface area contributed by atoms with Crippen LogP contribution in [0.3, 0.4) is 0 Å². The van der Waals surface area contributed by atoms with Gasteiger partial charge in [0.1, 0.15) is 0 Å². The molecule has 4 heteroatoms. The van der Waals surface area contributed by atoms with Crippen LogP contribution in [-0.2, 0) is 9.59 Å². The number of fused-ring (bicyclic) bond motifs is 5. The Bertz CT molecular complexity index is 658. The SMILES string of the molecule is N#CC(c1ccccc1)N1C(=O)C2C3C=CC(C3)C2C1=O. The second-order valence-corrected chi connectivity index (χ2v) is 5.99. The zero-order chi connectivity index (χ0) is 14.6. The Balaban J connectivity index is 1.72. The molecule has 5 atom stereocenters. The number of likely N-dealkylation sites (tertiary alicyclic amines) is 1. The average molecular weight is 278 g/mol. The number of amides is 2. The first kappa shape index (κ1) is 12.3. The zero-order valence-electron chi connectivity index (χ0n) is 11.3. The van der Waals surface area contributed by atoms with E-state index in [-0.39, 0.29) is 35.5 Å². The fourth-order valence-electron chi connectivity index (χ4n) is 4.10. The Morgan fingerprint density at radius 1 is 1.05 bits per heavy atom. The molecule has 4 nitrogen and oxygen atoms in total. The van der Waals surface area contributed by atoms with E-state index in [1.165, 1.54) is 4.90 Å². The number of nitriles is 1. The fourth-order valence-corrected chi connectivity index (χ4v) is 4.10. The summed E-state index contributed by atoms with van der Waals surface area (Å²) in [5.41, 5.74) is 0.696. The molecule has 104 valence electrons. The maximum atomic E-state index is 12.7. The lowest BCUT2D eigenvalue weighted by atomic mass is 9.85. The van der Waals surface area contributed by atoms with Crippen LogP contribution in [0.2, 0.25) is 0 Å². The summed E-state index contributed by atoms with van der Waals surface area (Å²) in [5, 5.41) is 9.47. The van der Waals surface area contributed by atoms with E-state index in [1.807, 2.05) is 18.2 Å². The Kier molecular flexibility index (Phi) is 2.52. The normalized spacial score (nSPS) is 34.1. The maximum Gasteiger partial charge on any atom is 0.235 e. The first-order chi connectivity index (χ1) is 10.2. The molecule has 0 spiro atoms. The molecule has 1 aromatic rings. The van der Waals surface area contributed by atoms with Gasteiger partial charge in [0.15, 0.2) is 6.04 Å². The van der Waals surface area contributed by atoms with Gasteiger partial charge in [-0.2, -0.15) is 5.26 Å². The van der Waals surface area contributed by atoms with Crippen molar-refractivity contribution in [3.05, 3.63) is 48.0 Å². The Morgan fingerprint density at radius 2 is 1.62 bits per heavy atom. The molecule has 1 saturated heterocycles. The number of rotatable bonds is 2. The minimum Gasteiger partial charge on any atom is -0.274 e. The summed E-state index contributed by atoms with van der Waals surface area (Å²) >= 11 is 0. The van der Waals surface area contributed by atoms with Crippen LogP contribution in [0.1, 0.15) is 18.0 Å². The van der Waals surface area contributed by atoms with Crippen molar-refractivity contribution in [3.63, 3.8) is 0 Å². The average Bonchev–Trinajstić information content (AvgIpc) is 3.18. The molecule has 1 saturated carbocycles. The third-order valence-corrected chi connectivity index (χ3v) is 5.00. The monoisotopic (exact) mass is 278 g/mol. The van der Waals surface area contributed by atoms with E-state index in [9.17, 15) is 14.9 Å². The van der Waals surface area contributed by atoms with Gasteiger partial charge in [-0.15, -0.1) is 0 Å². The van der Waals surface area contributed by atoms with Gasteiger partial charge < -0.3 is 0 Å². The summed E-state index contributed by atoms with van der Waals surface area (Å²) in [4.78, 5) is 26.6. The van der Waals surface area contributed by atoms with E-state index < -0.39 is 6.04 Å². The van der Waals surface area contributed by atoms with Crippen molar-refractivity contribution in [1.82, 2.24) is 4.90 Å². The molecule has 0 radical (unpaired) electrons. The van der Waals surface area contributed by atoms with Gasteiger partial charge in [-0.3, -0.25) is 14.5 Å². The molecule has 2 amide bonds. The summed E-state index contributed by atoms with van der Waals surface area (Å²) in [6, 6.07) is 10.4. The number of carbonyl (C=O) groups excluding carboxylic acids is 2. The van der Waals surface area contributed by atoms with Gasteiger partial charge in [0.05, 0.1) is 17.9 Å². The Labute approximate surface area is 122 Å². The number of hydrogen-bond acceptors (Lipinski definition) is 3. The first-order valence-corrected chi connectivity index (χ1v) is 7.22. The Hall–Kier alpha value is -2.41. The van der Waals surface area contributed by atoms with Crippen molar-refractivity contribution in [2.45, 2.75) is 12.5 Å². The van der Waals surface area contributed by atoms with E-state index >= 15 is 0 Å². The number of benzene rings is 1. The summed E-state index contributed by atoms with van der Waals surface area (Å²) < 4.78 is 0. The molecular formula is C17H14N2O2. The van der Waals surface area contributed by atoms with Crippen molar-refractivity contribution in [2.75, 3.05) is 0 Å². The highest BCUT2D eigenvalue weighted by Gasteiger charge is 2.60. The van der Waals surface area contributed by atoms with Crippen molar-refractivity contribution in [1.29, 1.82) is 5.26 Å². The maximum absolute atomic E-state index is 12.7. The van der Waals surface area contributed by atoms with E-state index in [0.717, 1.165) is 6.42 Å². The second-order valence-electron chi connectivity index (χ2n) is 5.99. The summed E-state index contributed by atoms with van der Waals surface area (Å²) in [6.07, 6.45) is 5.03. The molecule has 5 unspecified atom stereocenters. The highest BCUT2D eigenvalue weighted by molar-refractivity contribution is 6.07. The molecule has 2 aliphatic carbocycles. The molecule has 2 bridgehead atoms. The van der Waals surface area contributed by atoms with Gasteiger partial charge in [0.2, 0.25) is 11.8 Å². The molecule has 1 heterocycles. The van der Waals surface area contributed by atoms with Crippen molar-refractivity contribution < 1.29 is 9.59 Å². The predicted molar refractivity (Wildman–Crippen MR) is 74.4 cm³/mol. The van der Waals surface area contributed by atoms with Crippen molar-refractivity contribution in [2.24, 2.45) is 23.7 Å². The number of hydrogen-bond donors (Lipinski definition) is 0. The molecule has 1 aliphatic heterocycles. The molecule has 1 aromatic carbocycles. The smallest absolute Gasteiger partial charge is 0.235 e. The van der Waals surface area contributed by atoms with Gasteiger partial charge in [-0.25, -0.2) is 0 Å². The van der Waals surface area contributed by atoms with Crippen LogP contribution < -0.4 is 0 Å². The highest BCUT2D eigenvalue weighted by atomic mass is 16.2. The minimum atomic E-state index is -0.809. The predicted octanol–water partition coefficient (Wildman–Crippen LogP) is 2.06. The standard InChI is InChI=1S/C17H14N2O2/c18-9-13(10-4-2-1-3-5-10)19-16(20)14-11-6-7-12(8-11)15(14)17(19)21/h1-7,11-15H,8H2. The van der Waals surface area contributed by atoms with E-state index in [0.29, 0.717) is 5.56 Å². The molecule has 21 heavy (non-hydrogen) atoms. The van der Waals surface area contributed by atoms with E-state index in [4.69, 9.17) is 0 Å². The molecule has 3 aliphatic rings. The van der Waals surface area contributed by atoms with Crippen LogP contribution in [0.4, 0.5) is 0 Å². The number of allylic oxidation sites excluding steroid dienone is 2. The summed E-state index contributed by atoms with van der Waals surface area (Å²) in [6.45, 7) is 0. The third-order valence-electron chi connectivity index (χ3n) is 5.00.